The first kappa shape index (κ1) is 14.9. The first-order valence-electron chi connectivity index (χ1n) is 6.73. The van der Waals surface area contributed by atoms with E-state index in [4.69, 9.17) is 0 Å². The SMILES string of the molecule is Cc1c(O)c(C)c(O)c(C(=O)C=CC2C=CC=CC2)c1O. The molecule has 1 aliphatic rings. The van der Waals surface area contributed by atoms with Crippen LogP contribution >= 0.6 is 0 Å². The van der Waals surface area contributed by atoms with Gasteiger partial charge < -0.3 is 15.3 Å². The molecular weight excluding hydrogens is 268 g/mol. The lowest BCUT2D eigenvalue weighted by atomic mass is 9.96. The number of carbonyl (C=O) groups excluding carboxylic acids is 1. The smallest absolute Gasteiger partial charge is 0.193 e. The highest BCUT2D eigenvalue weighted by Gasteiger charge is 2.22. The zero-order valence-corrected chi connectivity index (χ0v) is 12.0. The molecule has 0 fully saturated rings. The molecular formula is C17H18O4. The Hall–Kier alpha value is -2.49. The van der Waals surface area contributed by atoms with Crippen LogP contribution in [-0.2, 0) is 0 Å². The second-order valence-corrected chi connectivity index (χ2v) is 5.11. The average molecular weight is 286 g/mol. The molecule has 0 saturated heterocycles. The van der Waals surface area contributed by atoms with Crippen molar-refractivity contribution in [2.45, 2.75) is 20.3 Å². The van der Waals surface area contributed by atoms with Crippen LogP contribution in [0.15, 0.2) is 36.5 Å². The molecule has 1 unspecified atom stereocenters. The molecule has 0 heterocycles. The number of hydrogen-bond acceptors (Lipinski definition) is 4. The lowest BCUT2D eigenvalue weighted by Crippen LogP contribution is -2.01. The number of benzene rings is 1. The van der Waals surface area contributed by atoms with E-state index < -0.39 is 5.78 Å². The summed E-state index contributed by atoms with van der Waals surface area (Å²) >= 11 is 0. The molecule has 1 aliphatic carbocycles. The molecule has 110 valence electrons. The molecule has 0 aromatic heterocycles. The Bertz CT molecular complexity index is 637. The summed E-state index contributed by atoms with van der Waals surface area (Å²) in [5.41, 5.74) is 0.194. The summed E-state index contributed by atoms with van der Waals surface area (Å²) in [6, 6.07) is 0. The van der Waals surface area contributed by atoms with Crippen molar-refractivity contribution in [2.24, 2.45) is 5.92 Å². The van der Waals surface area contributed by atoms with E-state index in [-0.39, 0.29) is 39.9 Å². The third kappa shape index (κ3) is 2.84. The maximum absolute atomic E-state index is 12.2. The normalized spacial score (nSPS) is 17.5. The molecule has 0 amide bonds. The van der Waals surface area contributed by atoms with Gasteiger partial charge in [-0.3, -0.25) is 4.79 Å². The quantitative estimate of drug-likeness (QED) is 0.588. The van der Waals surface area contributed by atoms with Crippen LogP contribution in [0.25, 0.3) is 0 Å². The minimum absolute atomic E-state index is 0.127. The molecule has 4 nitrogen and oxygen atoms in total. The molecule has 0 saturated carbocycles. The average Bonchev–Trinajstić information content (AvgIpc) is 2.50. The Kier molecular flexibility index (Phi) is 4.17. The fraction of sp³-hybridized carbons (Fsp3) is 0.235. The summed E-state index contributed by atoms with van der Waals surface area (Å²) in [6.07, 6.45) is 11.7. The van der Waals surface area contributed by atoms with Crippen molar-refractivity contribution >= 4 is 5.78 Å². The monoisotopic (exact) mass is 286 g/mol. The van der Waals surface area contributed by atoms with E-state index in [2.05, 4.69) is 0 Å². The molecule has 0 aliphatic heterocycles. The third-order valence-electron chi connectivity index (χ3n) is 3.65. The summed E-state index contributed by atoms with van der Waals surface area (Å²) in [5.74, 6) is -1.33. The molecule has 21 heavy (non-hydrogen) atoms. The van der Waals surface area contributed by atoms with Crippen molar-refractivity contribution < 1.29 is 20.1 Å². The summed E-state index contributed by atoms with van der Waals surface area (Å²) < 4.78 is 0. The minimum atomic E-state index is -0.487. The van der Waals surface area contributed by atoms with Crippen molar-refractivity contribution in [3.05, 3.63) is 53.1 Å². The van der Waals surface area contributed by atoms with E-state index in [0.29, 0.717) is 0 Å². The molecule has 3 N–H and O–H groups in total. The number of hydrogen-bond donors (Lipinski definition) is 3. The summed E-state index contributed by atoms with van der Waals surface area (Å²) in [4.78, 5) is 12.2. The van der Waals surface area contributed by atoms with E-state index >= 15 is 0 Å². The number of phenols is 3. The summed E-state index contributed by atoms with van der Waals surface area (Å²) in [6.45, 7) is 2.98. The van der Waals surface area contributed by atoms with Crippen molar-refractivity contribution in [1.82, 2.24) is 0 Å². The van der Waals surface area contributed by atoms with Crippen LogP contribution in [0.3, 0.4) is 0 Å². The van der Waals surface area contributed by atoms with Crippen LogP contribution < -0.4 is 0 Å². The highest BCUT2D eigenvalue weighted by Crippen LogP contribution is 2.41. The number of aromatic hydroxyl groups is 3. The van der Waals surface area contributed by atoms with Crippen molar-refractivity contribution in [2.75, 3.05) is 0 Å². The Balaban J connectivity index is 2.34. The van der Waals surface area contributed by atoms with Gasteiger partial charge in [-0.25, -0.2) is 0 Å². The zero-order valence-electron chi connectivity index (χ0n) is 12.0. The molecule has 0 bridgehead atoms. The van der Waals surface area contributed by atoms with Gasteiger partial charge in [0.25, 0.3) is 0 Å². The van der Waals surface area contributed by atoms with Crippen molar-refractivity contribution in [1.29, 1.82) is 0 Å². The molecule has 0 radical (unpaired) electrons. The Morgan fingerprint density at radius 1 is 1.10 bits per heavy atom. The second kappa shape index (κ2) is 5.87. The van der Waals surface area contributed by atoms with Crippen LogP contribution in [0.1, 0.15) is 27.9 Å². The maximum Gasteiger partial charge on any atom is 0.193 e. The van der Waals surface area contributed by atoms with E-state index in [1.807, 2.05) is 24.3 Å². The van der Waals surface area contributed by atoms with Gasteiger partial charge in [-0.2, -0.15) is 0 Å². The van der Waals surface area contributed by atoms with Gasteiger partial charge in [0.15, 0.2) is 5.78 Å². The van der Waals surface area contributed by atoms with Gasteiger partial charge in [0.2, 0.25) is 0 Å². The van der Waals surface area contributed by atoms with Gasteiger partial charge in [-0.15, -0.1) is 0 Å². The molecule has 1 aromatic carbocycles. The third-order valence-corrected chi connectivity index (χ3v) is 3.65. The van der Waals surface area contributed by atoms with Gasteiger partial charge in [-0.05, 0) is 32.3 Å². The van der Waals surface area contributed by atoms with Gasteiger partial charge in [0.1, 0.15) is 22.8 Å². The molecule has 4 heteroatoms. The minimum Gasteiger partial charge on any atom is -0.507 e. The lowest BCUT2D eigenvalue weighted by molar-refractivity contribution is 0.104. The van der Waals surface area contributed by atoms with Crippen LogP contribution in [0.5, 0.6) is 17.2 Å². The van der Waals surface area contributed by atoms with E-state index in [9.17, 15) is 20.1 Å². The first-order valence-corrected chi connectivity index (χ1v) is 6.73. The largest absolute Gasteiger partial charge is 0.507 e. The van der Waals surface area contributed by atoms with E-state index in [1.165, 1.54) is 19.9 Å². The zero-order chi connectivity index (χ0) is 15.6. The highest BCUT2D eigenvalue weighted by molar-refractivity contribution is 6.09. The molecule has 1 aromatic rings. The highest BCUT2D eigenvalue weighted by atomic mass is 16.3. The maximum atomic E-state index is 12.2. The van der Waals surface area contributed by atoms with Gasteiger partial charge in [0.05, 0.1) is 0 Å². The summed E-state index contributed by atoms with van der Waals surface area (Å²) in [5, 5.41) is 29.7. The van der Waals surface area contributed by atoms with Crippen molar-refractivity contribution in [3.8, 4) is 17.2 Å². The fourth-order valence-electron chi connectivity index (χ4n) is 2.26. The number of allylic oxidation sites excluding steroid dienone is 6. The van der Waals surface area contributed by atoms with Gasteiger partial charge in [0, 0.05) is 11.1 Å². The predicted octanol–water partition coefficient (Wildman–Crippen LogP) is 3.29. The van der Waals surface area contributed by atoms with E-state index in [1.54, 1.807) is 6.08 Å². The molecule has 0 spiro atoms. The predicted molar refractivity (Wildman–Crippen MR) is 80.8 cm³/mol. The standard InChI is InChI=1S/C17H18O4/c1-10-15(19)11(2)17(21)14(16(10)20)13(18)9-8-12-6-4-3-5-7-12/h3-6,8-9,12,19-21H,7H2,1-2H3. The fourth-order valence-corrected chi connectivity index (χ4v) is 2.26. The second-order valence-electron chi connectivity index (χ2n) is 5.11. The summed E-state index contributed by atoms with van der Waals surface area (Å²) in [7, 11) is 0. The first-order chi connectivity index (χ1) is 9.93. The number of phenolic OH excluding ortho intramolecular Hbond substituents is 3. The van der Waals surface area contributed by atoms with Crippen LogP contribution in [0.4, 0.5) is 0 Å². The number of carbonyl (C=O) groups is 1. The van der Waals surface area contributed by atoms with E-state index in [0.717, 1.165) is 6.42 Å². The Morgan fingerprint density at radius 3 is 2.24 bits per heavy atom. The molecule has 1 atom stereocenters. The Morgan fingerprint density at radius 2 is 1.71 bits per heavy atom. The number of rotatable bonds is 3. The Labute approximate surface area is 123 Å². The van der Waals surface area contributed by atoms with Gasteiger partial charge >= 0.3 is 0 Å². The number of ketones is 1. The van der Waals surface area contributed by atoms with Crippen LogP contribution in [0.2, 0.25) is 0 Å². The molecule has 2 rings (SSSR count). The topological polar surface area (TPSA) is 77.8 Å². The van der Waals surface area contributed by atoms with Crippen LogP contribution in [0, 0.1) is 19.8 Å². The lowest BCUT2D eigenvalue weighted by Gasteiger charge is -2.13. The van der Waals surface area contributed by atoms with Gasteiger partial charge in [-0.1, -0.05) is 30.4 Å². The van der Waals surface area contributed by atoms with Crippen LogP contribution in [-0.4, -0.2) is 21.1 Å². The van der Waals surface area contributed by atoms with Crippen molar-refractivity contribution in [3.63, 3.8) is 0 Å².